The third-order valence-corrected chi connectivity index (χ3v) is 0.992. The zero-order valence-electron chi connectivity index (χ0n) is 5.39. The third-order valence-electron chi connectivity index (χ3n) is 0.992. The average molecular weight is 195 g/mol. The fourth-order valence-corrected chi connectivity index (χ4v) is 0.515. The van der Waals surface area contributed by atoms with E-state index in [9.17, 15) is 0 Å². The van der Waals surface area contributed by atoms with Crippen LogP contribution in [0.3, 0.4) is 0 Å². The predicted octanol–water partition coefficient (Wildman–Crippen LogP) is 1.37. The first-order chi connectivity index (χ1) is 3.79. The summed E-state index contributed by atoms with van der Waals surface area (Å²) in [6.45, 7) is 2.01. The maximum absolute atomic E-state index is 5.37. The molecule has 0 spiro atoms. The van der Waals surface area contributed by atoms with Crippen molar-refractivity contribution in [3.05, 3.63) is 29.8 Å². The Hall–Kier alpha value is 0.124. The van der Waals surface area contributed by atoms with Crippen LogP contribution in [0.2, 0.25) is 0 Å². The van der Waals surface area contributed by atoms with Gasteiger partial charge in [-0.15, -0.1) is 6.07 Å². The Bertz CT molecular complexity index is 148. The van der Waals surface area contributed by atoms with Crippen LogP contribution in [0.1, 0.15) is 5.56 Å². The SMILES string of the molecule is Cc1c[c-]c(N)cc1.[Y]. The van der Waals surface area contributed by atoms with E-state index < -0.39 is 0 Å². The second kappa shape index (κ2) is 4.02. The smallest absolute Gasteiger partial charge is 0 e. The molecule has 0 atom stereocenters. The molecular weight excluding hydrogens is 187 g/mol. The number of rotatable bonds is 0. The molecule has 0 saturated heterocycles. The molecule has 0 bridgehead atoms. The molecule has 0 aliphatic rings. The summed E-state index contributed by atoms with van der Waals surface area (Å²) in [5, 5.41) is 0. The van der Waals surface area contributed by atoms with Gasteiger partial charge in [0.1, 0.15) is 0 Å². The summed E-state index contributed by atoms with van der Waals surface area (Å²) in [6.07, 6.45) is 0. The Morgan fingerprint density at radius 3 is 2.44 bits per heavy atom. The van der Waals surface area contributed by atoms with Crippen LogP contribution < -0.4 is 5.73 Å². The van der Waals surface area contributed by atoms with Gasteiger partial charge in [-0.2, -0.15) is 23.8 Å². The van der Waals surface area contributed by atoms with Crippen molar-refractivity contribution in [2.75, 3.05) is 5.73 Å². The van der Waals surface area contributed by atoms with Gasteiger partial charge in [-0.05, 0) is 0 Å². The van der Waals surface area contributed by atoms with Gasteiger partial charge >= 0.3 is 0 Å². The maximum atomic E-state index is 5.37. The fourth-order valence-electron chi connectivity index (χ4n) is 0.515. The van der Waals surface area contributed by atoms with Gasteiger partial charge in [0, 0.05) is 32.7 Å². The summed E-state index contributed by atoms with van der Waals surface area (Å²) in [6, 6.07) is 8.55. The quantitative estimate of drug-likeness (QED) is 0.491. The topological polar surface area (TPSA) is 26.0 Å². The fraction of sp³-hybridized carbons (Fsp3) is 0.143. The second-order valence-electron chi connectivity index (χ2n) is 1.82. The summed E-state index contributed by atoms with van der Waals surface area (Å²) < 4.78 is 0. The van der Waals surface area contributed by atoms with Crippen molar-refractivity contribution < 1.29 is 32.7 Å². The van der Waals surface area contributed by atoms with E-state index in [0.29, 0.717) is 5.69 Å². The molecule has 1 rings (SSSR count). The zero-order valence-corrected chi connectivity index (χ0v) is 8.23. The van der Waals surface area contributed by atoms with Crippen molar-refractivity contribution in [1.82, 2.24) is 0 Å². The summed E-state index contributed by atoms with van der Waals surface area (Å²) in [5.74, 6) is 0. The first-order valence-corrected chi connectivity index (χ1v) is 2.53. The number of nitrogens with two attached hydrogens (primary N) is 1. The minimum Gasteiger partial charge on any atom is -0.420 e. The molecule has 0 unspecified atom stereocenters. The molecule has 45 valence electrons. The normalized spacial score (nSPS) is 8.11. The molecule has 1 aromatic rings. The van der Waals surface area contributed by atoms with Crippen molar-refractivity contribution in [2.45, 2.75) is 6.92 Å². The number of aryl methyl sites for hydroxylation is 1. The van der Waals surface area contributed by atoms with Crippen molar-refractivity contribution >= 4 is 5.69 Å². The first kappa shape index (κ1) is 9.12. The number of hydrogen-bond donors (Lipinski definition) is 1. The Labute approximate surface area is 80.5 Å². The summed E-state index contributed by atoms with van der Waals surface area (Å²) in [5.41, 5.74) is 7.27. The molecule has 0 heterocycles. The van der Waals surface area contributed by atoms with Gasteiger partial charge in [-0.1, -0.05) is 12.6 Å². The molecule has 9 heavy (non-hydrogen) atoms. The standard InChI is InChI=1S/C7H8N.Y/c1-6-2-4-7(8)5-3-6;/h2-4H,8H2,1H3;/q-1;. The molecule has 1 aromatic carbocycles. The maximum Gasteiger partial charge on any atom is 0 e. The van der Waals surface area contributed by atoms with E-state index in [-0.39, 0.29) is 32.7 Å². The van der Waals surface area contributed by atoms with Crippen LogP contribution in [0.4, 0.5) is 5.69 Å². The average Bonchev–Trinajstić information content (AvgIpc) is 1.77. The van der Waals surface area contributed by atoms with Crippen LogP contribution in [-0.4, -0.2) is 0 Å². The Balaban J connectivity index is 0.000000640. The largest absolute Gasteiger partial charge is 0.420 e. The van der Waals surface area contributed by atoms with Crippen LogP contribution in [0, 0.1) is 13.0 Å². The number of nitrogen functional groups attached to an aromatic ring is 1. The van der Waals surface area contributed by atoms with Crippen LogP contribution in [0.5, 0.6) is 0 Å². The molecular formula is C7H8NY-. The van der Waals surface area contributed by atoms with Gasteiger partial charge in [0.25, 0.3) is 0 Å². The van der Waals surface area contributed by atoms with E-state index in [1.54, 1.807) is 0 Å². The third kappa shape index (κ3) is 2.97. The Kier molecular flexibility index (Phi) is 4.08. The van der Waals surface area contributed by atoms with Gasteiger partial charge in [-0.3, -0.25) is 0 Å². The minimum atomic E-state index is 0. The van der Waals surface area contributed by atoms with Crippen molar-refractivity contribution in [3.63, 3.8) is 0 Å². The van der Waals surface area contributed by atoms with E-state index in [0.717, 1.165) is 0 Å². The number of benzene rings is 1. The molecule has 2 N–H and O–H groups in total. The van der Waals surface area contributed by atoms with Gasteiger partial charge in [0.2, 0.25) is 0 Å². The number of hydrogen-bond acceptors (Lipinski definition) is 1. The molecule has 1 radical (unpaired) electrons. The van der Waals surface area contributed by atoms with Gasteiger partial charge < -0.3 is 5.73 Å². The molecule has 0 aromatic heterocycles. The molecule has 0 saturated carbocycles. The van der Waals surface area contributed by atoms with E-state index in [2.05, 4.69) is 6.07 Å². The van der Waals surface area contributed by atoms with E-state index in [4.69, 9.17) is 5.73 Å². The predicted molar refractivity (Wildman–Crippen MR) is 34.4 cm³/mol. The zero-order chi connectivity index (χ0) is 5.98. The van der Waals surface area contributed by atoms with Gasteiger partial charge in [-0.25, -0.2) is 0 Å². The summed E-state index contributed by atoms with van der Waals surface area (Å²) >= 11 is 0. The van der Waals surface area contributed by atoms with Crippen molar-refractivity contribution in [2.24, 2.45) is 0 Å². The molecule has 0 amide bonds. The second-order valence-corrected chi connectivity index (χ2v) is 1.82. The van der Waals surface area contributed by atoms with Crippen LogP contribution in [0.15, 0.2) is 18.2 Å². The molecule has 0 aliphatic carbocycles. The summed E-state index contributed by atoms with van der Waals surface area (Å²) in [4.78, 5) is 0. The van der Waals surface area contributed by atoms with E-state index >= 15 is 0 Å². The van der Waals surface area contributed by atoms with E-state index in [1.807, 2.05) is 25.1 Å². The molecule has 2 heteroatoms. The van der Waals surface area contributed by atoms with Gasteiger partial charge in [0.15, 0.2) is 0 Å². The molecule has 0 fully saturated rings. The van der Waals surface area contributed by atoms with Crippen LogP contribution in [-0.2, 0) is 32.7 Å². The minimum absolute atomic E-state index is 0. The Morgan fingerprint density at radius 2 is 2.11 bits per heavy atom. The van der Waals surface area contributed by atoms with Crippen LogP contribution in [0.25, 0.3) is 0 Å². The molecule has 1 nitrogen and oxygen atoms in total. The van der Waals surface area contributed by atoms with Crippen LogP contribution >= 0.6 is 0 Å². The monoisotopic (exact) mass is 195 g/mol. The van der Waals surface area contributed by atoms with Crippen molar-refractivity contribution in [3.8, 4) is 0 Å². The van der Waals surface area contributed by atoms with Crippen molar-refractivity contribution in [1.29, 1.82) is 0 Å². The number of anilines is 1. The first-order valence-electron chi connectivity index (χ1n) is 2.53. The van der Waals surface area contributed by atoms with E-state index in [1.165, 1.54) is 5.56 Å². The Morgan fingerprint density at radius 1 is 1.44 bits per heavy atom. The molecule has 0 aliphatic heterocycles. The van der Waals surface area contributed by atoms with Gasteiger partial charge in [0.05, 0.1) is 0 Å². The summed E-state index contributed by atoms with van der Waals surface area (Å²) in [7, 11) is 0.